The van der Waals surface area contributed by atoms with Crippen molar-refractivity contribution < 1.29 is 23.9 Å². The monoisotopic (exact) mass is 410 g/mol. The first-order chi connectivity index (χ1) is 14.5. The van der Waals surface area contributed by atoms with Gasteiger partial charge in [0.25, 0.3) is 5.91 Å². The number of nitrogens with one attached hydrogen (secondary N) is 1. The molecule has 2 amide bonds. The van der Waals surface area contributed by atoms with Gasteiger partial charge in [0.1, 0.15) is 5.75 Å². The van der Waals surface area contributed by atoms with Crippen molar-refractivity contribution in [2.24, 2.45) is 5.92 Å². The van der Waals surface area contributed by atoms with Crippen LogP contribution in [0.4, 0.5) is 0 Å². The molecule has 0 aromatic heterocycles. The molecule has 2 aromatic carbocycles. The Bertz CT molecular complexity index is 899. The standard InChI is InChI=1S/C23H26N2O5/c1-16(17-8-4-3-5-9-17)25-14-19(12-22(25)27)23(28)30-15-21(26)24-13-18-10-6-7-11-20(18)29-2/h3-11,16,19H,12-15H2,1-2H3,(H,24,26)/t16-,19+/m0/s1. The van der Waals surface area contributed by atoms with E-state index in [0.29, 0.717) is 5.75 Å². The first-order valence-electron chi connectivity index (χ1n) is 9.89. The number of esters is 1. The van der Waals surface area contributed by atoms with Gasteiger partial charge in [0, 0.05) is 25.1 Å². The van der Waals surface area contributed by atoms with E-state index in [9.17, 15) is 14.4 Å². The lowest BCUT2D eigenvalue weighted by molar-refractivity contribution is -0.152. The summed E-state index contributed by atoms with van der Waals surface area (Å²) in [5, 5.41) is 2.70. The Morgan fingerprint density at radius 1 is 1.13 bits per heavy atom. The van der Waals surface area contributed by atoms with Crippen LogP contribution in [0, 0.1) is 5.92 Å². The fourth-order valence-corrected chi connectivity index (χ4v) is 3.52. The van der Waals surface area contributed by atoms with Gasteiger partial charge in [-0.15, -0.1) is 0 Å². The van der Waals surface area contributed by atoms with Crippen LogP contribution in [-0.2, 0) is 25.7 Å². The third-order valence-electron chi connectivity index (χ3n) is 5.26. The lowest BCUT2D eigenvalue weighted by Crippen LogP contribution is -2.32. The number of likely N-dealkylation sites (tertiary alicyclic amines) is 1. The minimum Gasteiger partial charge on any atom is -0.496 e. The molecule has 1 saturated heterocycles. The summed E-state index contributed by atoms with van der Waals surface area (Å²) < 4.78 is 10.4. The second-order valence-electron chi connectivity index (χ2n) is 7.23. The van der Waals surface area contributed by atoms with Crippen molar-refractivity contribution in [1.82, 2.24) is 10.2 Å². The second-order valence-corrected chi connectivity index (χ2v) is 7.23. The van der Waals surface area contributed by atoms with Crippen LogP contribution < -0.4 is 10.1 Å². The Morgan fingerprint density at radius 2 is 1.83 bits per heavy atom. The van der Waals surface area contributed by atoms with Crippen molar-refractivity contribution >= 4 is 17.8 Å². The van der Waals surface area contributed by atoms with Crippen molar-refractivity contribution in [3.63, 3.8) is 0 Å². The van der Waals surface area contributed by atoms with Gasteiger partial charge in [-0.2, -0.15) is 0 Å². The van der Waals surface area contributed by atoms with Gasteiger partial charge in [0.15, 0.2) is 6.61 Å². The third kappa shape index (κ3) is 5.17. The van der Waals surface area contributed by atoms with E-state index in [-0.39, 0.29) is 38.1 Å². The van der Waals surface area contributed by atoms with Crippen LogP contribution in [0.25, 0.3) is 0 Å². The molecule has 3 rings (SSSR count). The van der Waals surface area contributed by atoms with Gasteiger partial charge in [-0.25, -0.2) is 0 Å². The Balaban J connectivity index is 1.47. The molecule has 2 aromatic rings. The van der Waals surface area contributed by atoms with Crippen molar-refractivity contribution in [2.75, 3.05) is 20.3 Å². The normalized spacial score (nSPS) is 16.8. The number of carbonyl (C=O) groups excluding carboxylic acids is 3. The van der Waals surface area contributed by atoms with Crippen LogP contribution in [0.3, 0.4) is 0 Å². The van der Waals surface area contributed by atoms with E-state index in [2.05, 4.69) is 5.32 Å². The molecule has 7 heteroatoms. The Labute approximate surface area is 176 Å². The fraction of sp³-hybridized carbons (Fsp3) is 0.348. The molecule has 1 aliphatic rings. The Kier molecular flexibility index (Phi) is 7.06. The molecule has 1 fully saturated rings. The molecular formula is C23H26N2O5. The number of methoxy groups -OCH3 is 1. The molecule has 0 bridgehead atoms. The highest BCUT2D eigenvalue weighted by Gasteiger charge is 2.38. The second kappa shape index (κ2) is 9.91. The highest BCUT2D eigenvalue weighted by Crippen LogP contribution is 2.29. The van der Waals surface area contributed by atoms with Crippen LogP contribution in [0.15, 0.2) is 54.6 Å². The van der Waals surface area contributed by atoms with Crippen LogP contribution in [-0.4, -0.2) is 42.9 Å². The number of benzene rings is 2. The largest absolute Gasteiger partial charge is 0.496 e. The smallest absolute Gasteiger partial charge is 0.311 e. The van der Waals surface area contributed by atoms with Crippen LogP contribution >= 0.6 is 0 Å². The minimum atomic E-state index is -0.564. The molecule has 0 saturated carbocycles. The topological polar surface area (TPSA) is 84.9 Å². The molecule has 2 atom stereocenters. The summed E-state index contributed by atoms with van der Waals surface area (Å²) in [6, 6.07) is 16.9. The molecule has 0 aliphatic carbocycles. The average molecular weight is 410 g/mol. The van der Waals surface area contributed by atoms with Gasteiger partial charge in [-0.1, -0.05) is 48.5 Å². The zero-order valence-electron chi connectivity index (χ0n) is 17.2. The summed E-state index contributed by atoms with van der Waals surface area (Å²) in [6.07, 6.45) is 0.0961. The Morgan fingerprint density at radius 3 is 2.57 bits per heavy atom. The van der Waals surface area contributed by atoms with E-state index >= 15 is 0 Å². The summed E-state index contributed by atoms with van der Waals surface area (Å²) in [5.41, 5.74) is 1.84. The van der Waals surface area contributed by atoms with Crippen LogP contribution in [0.5, 0.6) is 5.75 Å². The van der Waals surface area contributed by atoms with Crippen molar-refractivity contribution in [3.8, 4) is 5.75 Å². The molecule has 158 valence electrons. The van der Waals surface area contributed by atoms with E-state index < -0.39 is 17.8 Å². The van der Waals surface area contributed by atoms with Crippen LogP contribution in [0.1, 0.15) is 30.5 Å². The molecule has 1 aliphatic heterocycles. The molecule has 0 spiro atoms. The van der Waals surface area contributed by atoms with E-state index in [1.165, 1.54) is 0 Å². The van der Waals surface area contributed by atoms with Gasteiger partial charge in [0.05, 0.1) is 19.1 Å². The molecular weight excluding hydrogens is 384 g/mol. The number of ether oxygens (including phenoxy) is 2. The summed E-state index contributed by atoms with van der Waals surface area (Å²) in [7, 11) is 1.56. The zero-order valence-corrected chi connectivity index (χ0v) is 17.2. The van der Waals surface area contributed by atoms with Crippen LogP contribution in [0.2, 0.25) is 0 Å². The van der Waals surface area contributed by atoms with Gasteiger partial charge in [-0.3, -0.25) is 14.4 Å². The maximum atomic E-state index is 12.4. The summed E-state index contributed by atoms with van der Waals surface area (Å²) in [6.45, 7) is 2.11. The van der Waals surface area contributed by atoms with Gasteiger partial charge in [-0.05, 0) is 18.6 Å². The summed E-state index contributed by atoms with van der Waals surface area (Å²) in [5.74, 6) is -0.918. The van der Waals surface area contributed by atoms with Gasteiger partial charge < -0.3 is 19.7 Å². The highest BCUT2D eigenvalue weighted by molar-refractivity contribution is 5.88. The number of nitrogens with zero attached hydrogens (tertiary/aromatic N) is 1. The number of para-hydroxylation sites is 1. The molecule has 7 nitrogen and oxygen atoms in total. The fourth-order valence-electron chi connectivity index (χ4n) is 3.52. The van der Waals surface area contributed by atoms with E-state index in [1.54, 1.807) is 18.1 Å². The molecule has 0 unspecified atom stereocenters. The quantitative estimate of drug-likeness (QED) is 0.676. The number of hydrogen-bond acceptors (Lipinski definition) is 5. The van der Waals surface area contributed by atoms with Crippen molar-refractivity contribution in [2.45, 2.75) is 25.9 Å². The predicted molar refractivity (Wildman–Crippen MR) is 110 cm³/mol. The number of hydrogen-bond donors (Lipinski definition) is 1. The first-order valence-corrected chi connectivity index (χ1v) is 9.89. The van der Waals surface area contributed by atoms with Gasteiger partial charge in [0.2, 0.25) is 5.91 Å². The third-order valence-corrected chi connectivity index (χ3v) is 5.26. The molecule has 1 N–H and O–H groups in total. The summed E-state index contributed by atoms with van der Waals surface area (Å²) in [4.78, 5) is 38.5. The van der Waals surface area contributed by atoms with E-state index in [0.717, 1.165) is 11.1 Å². The lowest BCUT2D eigenvalue weighted by Gasteiger charge is -2.25. The highest BCUT2D eigenvalue weighted by atomic mass is 16.5. The number of amides is 2. The van der Waals surface area contributed by atoms with E-state index in [1.807, 2.05) is 55.5 Å². The minimum absolute atomic E-state index is 0.0890. The maximum absolute atomic E-state index is 12.4. The lowest BCUT2D eigenvalue weighted by atomic mass is 10.1. The van der Waals surface area contributed by atoms with E-state index in [4.69, 9.17) is 9.47 Å². The van der Waals surface area contributed by atoms with Gasteiger partial charge >= 0.3 is 5.97 Å². The average Bonchev–Trinajstić information content (AvgIpc) is 3.17. The number of carbonyl (C=O) groups is 3. The summed E-state index contributed by atoms with van der Waals surface area (Å²) >= 11 is 0. The molecule has 1 heterocycles. The molecule has 0 radical (unpaired) electrons. The van der Waals surface area contributed by atoms with Crippen molar-refractivity contribution in [3.05, 3.63) is 65.7 Å². The molecule has 30 heavy (non-hydrogen) atoms. The number of rotatable bonds is 8. The predicted octanol–water partition coefficient (Wildman–Crippen LogP) is 2.46. The zero-order chi connectivity index (χ0) is 21.5. The first kappa shape index (κ1) is 21.4. The van der Waals surface area contributed by atoms with Crippen molar-refractivity contribution in [1.29, 1.82) is 0 Å². The SMILES string of the molecule is COc1ccccc1CNC(=O)COC(=O)[C@@H]1CC(=O)N([C@@H](C)c2ccccc2)C1. The Hall–Kier alpha value is -3.35. The maximum Gasteiger partial charge on any atom is 0.311 e.